The monoisotopic (exact) mass is 257 g/mol. The van der Waals surface area contributed by atoms with Gasteiger partial charge in [0.15, 0.2) is 0 Å². The molecule has 0 saturated carbocycles. The largest absolute Gasteiger partial charge is 0.384 e. The van der Waals surface area contributed by atoms with Gasteiger partial charge in [0.25, 0.3) is 5.91 Å². The van der Waals surface area contributed by atoms with Crippen LogP contribution >= 0.6 is 12.4 Å². The van der Waals surface area contributed by atoms with Crippen LogP contribution in [0, 0.1) is 0 Å². The van der Waals surface area contributed by atoms with Crippen LogP contribution in [-0.4, -0.2) is 41.6 Å². The second kappa shape index (κ2) is 5.84. The molecule has 0 bridgehead atoms. The van der Waals surface area contributed by atoms with Crippen molar-refractivity contribution in [1.29, 1.82) is 0 Å². The van der Waals surface area contributed by atoms with Gasteiger partial charge < -0.3 is 15.4 Å². The van der Waals surface area contributed by atoms with E-state index >= 15 is 0 Å². The smallest absolute Gasteiger partial charge is 0.272 e. The second-order valence-corrected chi connectivity index (χ2v) is 3.87. The van der Waals surface area contributed by atoms with Gasteiger partial charge in [0.05, 0.1) is 19.3 Å². The number of carbonyl (C=O) groups excluding carboxylic acids is 1. The molecule has 6 heteroatoms. The zero-order valence-corrected chi connectivity index (χ0v) is 10.4. The lowest BCUT2D eigenvalue weighted by Crippen LogP contribution is -2.47. The topological polar surface area (TPSA) is 68.5 Å². The number of hydrogen-bond donors (Lipinski definition) is 1. The van der Waals surface area contributed by atoms with E-state index in [1.807, 2.05) is 6.92 Å². The van der Waals surface area contributed by atoms with Gasteiger partial charge in [0.2, 0.25) is 0 Å². The van der Waals surface area contributed by atoms with E-state index in [0.29, 0.717) is 31.3 Å². The molecular formula is C11H16ClN3O2. The second-order valence-electron chi connectivity index (χ2n) is 3.87. The normalized spacial score (nSPS) is 19.6. The standard InChI is InChI=1S/C11H15N3O2.ClH/c1-8-7-16-6-5-14(8)11(15)9-3-2-4-10(12)13-9;/h2-4,8H,5-7H2,1H3,(H2,12,13);1H. The summed E-state index contributed by atoms with van der Waals surface area (Å²) in [5, 5.41) is 0. The van der Waals surface area contributed by atoms with Crippen molar-refractivity contribution in [3.05, 3.63) is 23.9 Å². The Morgan fingerprint density at radius 3 is 3.00 bits per heavy atom. The molecule has 1 aromatic rings. The summed E-state index contributed by atoms with van der Waals surface area (Å²) in [5.74, 6) is 0.287. The van der Waals surface area contributed by atoms with E-state index in [2.05, 4.69) is 4.98 Å². The van der Waals surface area contributed by atoms with Crippen molar-refractivity contribution >= 4 is 24.1 Å². The maximum atomic E-state index is 12.1. The average Bonchev–Trinajstić information content (AvgIpc) is 2.29. The Hall–Kier alpha value is -1.33. The average molecular weight is 258 g/mol. The van der Waals surface area contributed by atoms with E-state index in [4.69, 9.17) is 10.5 Å². The van der Waals surface area contributed by atoms with Crippen molar-refractivity contribution in [3.8, 4) is 0 Å². The van der Waals surface area contributed by atoms with Crippen molar-refractivity contribution in [1.82, 2.24) is 9.88 Å². The van der Waals surface area contributed by atoms with Crippen LogP contribution in [0.1, 0.15) is 17.4 Å². The number of rotatable bonds is 1. The van der Waals surface area contributed by atoms with Gasteiger partial charge in [-0.05, 0) is 19.1 Å². The number of anilines is 1. The number of pyridine rings is 1. The summed E-state index contributed by atoms with van der Waals surface area (Å²) >= 11 is 0. The number of hydrogen-bond acceptors (Lipinski definition) is 4. The molecule has 5 nitrogen and oxygen atoms in total. The Morgan fingerprint density at radius 2 is 2.35 bits per heavy atom. The zero-order chi connectivity index (χ0) is 11.5. The number of nitrogens with two attached hydrogens (primary N) is 1. The number of ether oxygens (including phenoxy) is 1. The number of halogens is 1. The molecule has 1 aromatic heterocycles. The third-order valence-corrected chi connectivity index (χ3v) is 2.62. The zero-order valence-electron chi connectivity index (χ0n) is 9.63. The first-order valence-electron chi connectivity index (χ1n) is 5.30. The molecule has 0 spiro atoms. The molecule has 1 saturated heterocycles. The molecule has 0 aromatic carbocycles. The highest BCUT2D eigenvalue weighted by Gasteiger charge is 2.25. The lowest BCUT2D eigenvalue weighted by Gasteiger charge is -2.33. The maximum Gasteiger partial charge on any atom is 0.272 e. The predicted molar refractivity (Wildman–Crippen MR) is 67.2 cm³/mol. The third kappa shape index (κ3) is 3.08. The van der Waals surface area contributed by atoms with Crippen molar-refractivity contribution < 1.29 is 9.53 Å². The van der Waals surface area contributed by atoms with E-state index in [9.17, 15) is 4.79 Å². The summed E-state index contributed by atoms with van der Waals surface area (Å²) < 4.78 is 5.28. The number of aromatic nitrogens is 1. The van der Waals surface area contributed by atoms with Gasteiger partial charge in [0.1, 0.15) is 11.5 Å². The molecule has 1 aliphatic heterocycles. The van der Waals surface area contributed by atoms with Gasteiger partial charge >= 0.3 is 0 Å². The Balaban J connectivity index is 0.00000144. The van der Waals surface area contributed by atoms with Gasteiger partial charge in [-0.25, -0.2) is 4.98 Å². The summed E-state index contributed by atoms with van der Waals surface area (Å²) in [6, 6.07) is 5.17. The van der Waals surface area contributed by atoms with Gasteiger partial charge in [-0.3, -0.25) is 4.79 Å². The molecule has 1 amide bonds. The SMILES string of the molecule is CC1COCCN1C(=O)c1cccc(N)n1.Cl. The van der Waals surface area contributed by atoms with E-state index in [1.54, 1.807) is 23.1 Å². The van der Waals surface area contributed by atoms with E-state index < -0.39 is 0 Å². The van der Waals surface area contributed by atoms with Crippen LogP contribution in [0.25, 0.3) is 0 Å². The number of nitrogens with zero attached hydrogens (tertiary/aromatic N) is 2. The number of amides is 1. The van der Waals surface area contributed by atoms with E-state index in [0.717, 1.165) is 0 Å². The first-order valence-corrected chi connectivity index (χ1v) is 5.30. The van der Waals surface area contributed by atoms with Crippen molar-refractivity contribution in [2.45, 2.75) is 13.0 Å². The molecule has 17 heavy (non-hydrogen) atoms. The summed E-state index contributed by atoms with van der Waals surface area (Å²) in [5.41, 5.74) is 5.95. The fourth-order valence-corrected chi connectivity index (χ4v) is 1.75. The molecule has 2 N–H and O–H groups in total. The minimum atomic E-state index is -0.0805. The highest BCUT2D eigenvalue weighted by molar-refractivity contribution is 5.92. The number of morpholine rings is 1. The van der Waals surface area contributed by atoms with Crippen LogP contribution in [0.5, 0.6) is 0 Å². The maximum absolute atomic E-state index is 12.1. The Bertz CT molecular complexity index is 400. The quantitative estimate of drug-likeness (QED) is 0.813. The number of carbonyl (C=O) groups is 1. The first kappa shape index (κ1) is 13.7. The number of nitrogen functional groups attached to an aromatic ring is 1. The first-order chi connectivity index (χ1) is 7.68. The Labute approximate surface area is 106 Å². The van der Waals surface area contributed by atoms with Gasteiger partial charge in [-0.2, -0.15) is 0 Å². The van der Waals surface area contributed by atoms with Crippen LogP contribution in [-0.2, 0) is 4.74 Å². The van der Waals surface area contributed by atoms with Gasteiger partial charge in [-0.1, -0.05) is 6.07 Å². The van der Waals surface area contributed by atoms with E-state index in [-0.39, 0.29) is 24.4 Å². The lowest BCUT2D eigenvalue weighted by molar-refractivity contribution is 0.00328. The van der Waals surface area contributed by atoms with Crippen LogP contribution < -0.4 is 5.73 Å². The summed E-state index contributed by atoms with van der Waals surface area (Å²) in [7, 11) is 0. The molecule has 1 unspecified atom stereocenters. The minimum absolute atomic E-state index is 0. The predicted octanol–water partition coefficient (Wildman–Crippen LogP) is 0.946. The van der Waals surface area contributed by atoms with Crippen LogP contribution in [0.3, 0.4) is 0 Å². The lowest BCUT2D eigenvalue weighted by atomic mass is 10.2. The van der Waals surface area contributed by atoms with Crippen LogP contribution in [0.4, 0.5) is 5.82 Å². The molecule has 1 aliphatic rings. The van der Waals surface area contributed by atoms with Crippen LogP contribution in [0.15, 0.2) is 18.2 Å². The molecule has 0 aliphatic carbocycles. The Kier molecular flexibility index (Phi) is 4.72. The molecular weight excluding hydrogens is 242 g/mol. The van der Waals surface area contributed by atoms with Gasteiger partial charge in [0, 0.05) is 6.54 Å². The summed E-state index contributed by atoms with van der Waals surface area (Å²) in [6.45, 7) is 3.73. The Morgan fingerprint density at radius 1 is 1.59 bits per heavy atom. The van der Waals surface area contributed by atoms with Crippen molar-refractivity contribution in [2.24, 2.45) is 0 Å². The summed E-state index contributed by atoms with van der Waals surface area (Å²) in [6.07, 6.45) is 0. The molecule has 1 fully saturated rings. The fraction of sp³-hybridized carbons (Fsp3) is 0.455. The molecule has 1 atom stereocenters. The highest BCUT2D eigenvalue weighted by Crippen LogP contribution is 2.11. The van der Waals surface area contributed by atoms with Crippen LogP contribution in [0.2, 0.25) is 0 Å². The molecule has 0 radical (unpaired) electrons. The van der Waals surface area contributed by atoms with Crippen molar-refractivity contribution in [2.75, 3.05) is 25.5 Å². The minimum Gasteiger partial charge on any atom is -0.384 e. The summed E-state index contributed by atoms with van der Waals surface area (Å²) in [4.78, 5) is 17.9. The molecule has 94 valence electrons. The molecule has 2 rings (SSSR count). The fourth-order valence-electron chi connectivity index (χ4n) is 1.75. The van der Waals surface area contributed by atoms with E-state index in [1.165, 1.54) is 0 Å². The molecule has 2 heterocycles. The highest BCUT2D eigenvalue weighted by atomic mass is 35.5. The third-order valence-electron chi connectivity index (χ3n) is 2.62. The van der Waals surface area contributed by atoms with Crippen molar-refractivity contribution in [3.63, 3.8) is 0 Å². The van der Waals surface area contributed by atoms with Gasteiger partial charge in [-0.15, -0.1) is 12.4 Å².